The summed E-state index contributed by atoms with van der Waals surface area (Å²) in [6.45, 7) is 6.08. The maximum Gasteiger partial charge on any atom is 0.355 e. The number of carboxylic acids is 1. The average Bonchev–Trinajstić information content (AvgIpc) is 3.32. The molecular formula is C18H19ClN6O3S2. The van der Waals surface area contributed by atoms with E-state index in [0.29, 0.717) is 52.2 Å². The number of carboxylic acid groups (broad SMARTS) is 1. The largest absolute Gasteiger partial charge is 0.476 e. The lowest BCUT2D eigenvalue weighted by molar-refractivity contribution is -0.129. The molecular weight excluding hydrogens is 448 g/mol. The molecule has 4 rings (SSSR count). The number of carbonyl (C=O) groups is 2. The summed E-state index contributed by atoms with van der Waals surface area (Å²) in [5, 5.41) is 12.4. The maximum atomic E-state index is 11.7. The molecule has 0 spiro atoms. The molecule has 0 bridgehead atoms. The molecule has 30 heavy (non-hydrogen) atoms. The van der Waals surface area contributed by atoms with E-state index >= 15 is 0 Å². The summed E-state index contributed by atoms with van der Waals surface area (Å²) >= 11 is 9.07. The average molecular weight is 467 g/mol. The Morgan fingerprint density at radius 2 is 2.00 bits per heavy atom. The lowest BCUT2D eigenvalue weighted by Gasteiger charge is -2.35. The highest BCUT2D eigenvalue weighted by Gasteiger charge is 2.25. The Kier molecular flexibility index (Phi) is 5.85. The number of piperazine rings is 1. The molecule has 4 heterocycles. The molecule has 9 nitrogen and oxygen atoms in total. The number of nitrogens with zero attached hydrogens (tertiary/aromatic N) is 5. The van der Waals surface area contributed by atoms with E-state index in [2.05, 4.69) is 19.9 Å². The first-order valence-electron chi connectivity index (χ1n) is 9.32. The summed E-state index contributed by atoms with van der Waals surface area (Å²) in [6, 6.07) is 0. The minimum atomic E-state index is -1.07. The van der Waals surface area contributed by atoms with E-state index in [1.54, 1.807) is 6.92 Å². The van der Waals surface area contributed by atoms with Crippen LogP contribution < -0.4 is 4.90 Å². The van der Waals surface area contributed by atoms with Crippen LogP contribution in [0.15, 0.2) is 14.9 Å². The van der Waals surface area contributed by atoms with Gasteiger partial charge in [0.05, 0.1) is 10.4 Å². The summed E-state index contributed by atoms with van der Waals surface area (Å²) in [4.78, 5) is 43.4. The fourth-order valence-electron chi connectivity index (χ4n) is 3.30. The summed E-state index contributed by atoms with van der Waals surface area (Å²) in [6.07, 6.45) is 0.726. The van der Waals surface area contributed by atoms with Gasteiger partial charge in [-0.15, -0.1) is 11.3 Å². The van der Waals surface area contributed by atoms with Crippen LogP contribution in [0, 0.1) is 0 Å². The van der Waals surface area contributed by atoms with Crippen molar-refractivity contribution in [3.8, 4) is 0 Å². The first-order valence-corrected chi connectivity index (χ1v) is 11.4. The molecule has 3 aromatic rings. The third-order valence-corrected chi connectivity index (χ3v) is 7.10. The number of hydrogen-bond acceptors (Lipinski definition) is 8. The SMILES string of the molecule is CCc1[nH]c2nc(Sc3nc(C(=O)O)cs3)nc(N3CCN(C(C)=O)CC3)c2c1Cl. The molecule has 3 aromatic heterocycles. The van der Waals surface area contributed by atoms with E-state index in [9.17, 15) is 9.59 Å². The number of thiazole rings is 1. The Morgan fingerprint density at radius 3 is 2.60 bits per heavy atom. The Bertz CT molecular complexity index is 1120. The van der Waals surface area contributed by atoms with Crippen molar-refractivity contribution in [2.45, 2.75) is 29.8 Å². The van der Waals surface area contributed by atoms with Gasteiger partial charge in [-0.05, 0) is 18.2 Å². The zero-order chi connectivity index (χ0) is 21.4. The summed E-state index contributed by atoms with van der Waals surface area (Å²) < 4.78 is 0.549. The van der Waals surface area contributed by atoms with E-state index in [1.807, 2.05) is 11.8 Å². The number of fused-ring (bicyclic) bond motifs is 1. The van der Waals surface area contributed by atoms with Gasteiger partial charge in [-0.3, -0.25) is 4.79 Å². The molecule has 1 amide bonds. The smallest absolute Gasteiger partial charge is 0.355 e. The summed E-state index contributed by atoms with van der Waals surface area (Å²) in [5.74, 6) is -0.298. The molecule has 1 aliphatic rings. The van der Waals surface area contributed by atoms with Crippen molar-refractivity contribution in [3.63, 3.8) is 0 Å². The van der Waals surface area contributed by atoms with Gasteiger partial charge in [0.2, 0.25) is 5.91 Å². The number of aryl methyl sites for hydroxylation is 1. The highest BCUT2D eigenvalue weighted by molar-refractivity contribution is 8.00. The first-order chi connectivity index (χ1) is 14.4. The molecule has 0 aliphatic carbocycles. The second kappa shape index (κ2) is 8.40. The van der Waals surface area contributed by atoms with Crippen molar-refractivity contribution in [1.29, 1.82) is 0 Å². The maximum absolute atomic E-state index is 11.7. The number of H-pyrrole nitrogens is 1. The van der Waals surface area contributed by atoms with E-state index in [-0.39, 0.29) is 11.6 Å². The lowest BCUT2D eigenvalue weighted by atomic mass is 10.2. The van der Waals surface area contributed by atoms with Crippen LogP contribution in [0.1, 0.15) is 30.0 Å². The van der Waals surface area contributed by atoms with Crippen molar-refractivity contribution < 1.29 is 14.7 Å². The molecule has 1 saturated heterocycles. The molecule has 1 aliphatic heterocycles. The van der Waals surface area contributed by atoms with Crippen LogP contribution in [0.3, 0.4) is 0 Å². The van der Waals surface area contributed by atoms with Gasteiger partial charge >= 0.3 is 5.97 Å². The number of aromatic amines is 1. The van der Waals surface area contributed by atoms with Gasteiger partial charge in [-0.1, -0.05) is 18.5 Å². The van der Waals surface area contributed by atoms with Crippen molar-refractivity contribution in [1.82, 2.24) is 24.8 Å². The van der Waals surface area contributed by atoms with Gasteiger partial charge in [-0.25, -0.2) is 19.7 Å². The number of halogens is 1. The van der Waals surface area contributed by atoms with E-state index in [4.69, 9.17) is 21.7 Å². The number of aromatic nitrogens is 4. The fourth-order valence-corrected chi connectivity index (χ4v) is 5.30. The number of carbonyl (C=O) groups excluding carboxylic acids is 1. The second-order valence-corrected chi connectivity index (χ2v) is 9.17. The zero-order valence-corrected chi connectivity index (χ0v) is 18.7. The molecule has 1 fully saturated rings. The summed E-state index contributed by atoms with van der Waals surface area (Å²) in [7, 11) is 0. The third kappa shape index (κ3) is 3.96. The Morgan fingerprint density at radius 1 is 1.27 bits per heavy atom. The predicted molar refractivity (Wildman–Crippen MR) is 116 cm³/mol. The van der Waals surface area contributed by atoms with Crippen molar-refractivity contribution >= 4 is 63.4 Å². The quantitative estimate of drug-likeness (QED) is 0.551. The van der Waals surface area contributed by atoms with Gasteiger partial charge in [-0.2, -0.15) is 0 Å². The van der Waals surface area contributed by atoms with Crippen molar-refractivity contribution in [3.05, 3.63) is 21.8 Å². The van der Waals surface area contributed by atoms with Crippen LogP contribution in [0.5, 0.6) is 0 Å². The number of nitrogens with one attached hydrogen (secondary N) is 1. The molecule has 0 unspecified atom stereocenters. The summed E-state index contributed by atoms with van der Waals surface area (Å²) in [5.41, 5.74) is 1.52. The minimum Gasteiger partial charge on any atom is -0.476 e. The minimum absolute atomic E-state index is 0.000318. The molecule has 0 radical (unpaired) electrons. The number of hydrogen-bond donors (Lipinski definition) is 2. The predicted octanol–water partition coefficient (Wildman–Crippen LogP) is 3.15. The van der Waals surface area contributed by atoms with Crippen molar-refractivity contribution in [2.75, 3.05) is 31.1 Å². The van der Waals surface area contributed by atoms with Crippen LogP contribution >= 0.6 is 34.7 Å². The second-order valence-electron chi connectivity index (χ2n) is 6.72. The van der Waals surface area contributed by atoms with E-state index in [0.717, 1.165) is 17.5 Å². The topological polar surface area (TPSA) is 115 Å². The number of amides is 1. The lowest BCUT2D eigenvalue weighted by Crippen LogP contribution is -2.48. The normalized spacial score (nSPS) is 14.5. The molecule has 2 N–H and O–H groups in total. The van der Waals surface area contributed by atoms with Crippen molar-refractivity contribution in [2.24, 2.45) is 0 Å². The molecule has 0 saturated carbocycles. The van der Waals surface area contributed by atoms with Crippen LogP contribution in [-0.4, -0.2) is 68.0 Å². The highest BCUT2D eigenvalue weighted by atomic mass is 35.5. The van der Waals surface area contributed by atoms with E-state index < -0.39 is 5.97 Å². The number of rotatable bonds is 5. The number of aromatic carboxylic acids is 1. The van der Waals surface area contributed by atoms with Gasteiger partial charge in [0.1, 0.15) is 11.5 Å². The van der Waals surface area contributed by atoms with Crippen LogP contribution in [-0.2, 0) is 11.2 Å². The molecule has 0 atom stereocenters. The highest BCUT2D eigenvalue weighted by Crippen LogP contribution is 2.37. The van der Waals surface area contributed by atoms with E-state index in [1.165, 1.54) is 28.5 Å². The Hall–Kier alpha value is -2.37. The number of anilines is 1. The molecule has 0 aromatic carbocycles. The van der Waals surface area contributed by atoms with Gasteiger partial charge < -0.3 is 19.9 Å². The molecule has 12 heteroatoms. The zero-order valence-electron chi connectivity index (χ0n) is 16.3. The van der Waals surface area contributed by atoms with Gasteiger partial charge in [0, 0.05) is 44.2 Å². The fraction of sp³-hybridized carbons (Fsp3) is 0.389. The third-order valence-electron chi connectivity index (χ3n) is 4.88. The van der Waals surface area contributed by atoms with Crippen LogP contribution in [0.4, 0.5) is 5.82 Å². The molecule has 158 valence electrons. The van der Waals surface area contributed by atoms with Crippen LogP contribution in [0.25, 0.3) is 11.0 Å². The standard InChI is InChI=1S/C18H19ClN6O3S2/c1-3-10-13(19)12-14(20-10)22-17(30-18-21-11(8-29-18)16(27)28)23-15(12)25-6-4-24(5-7-25)9(2)26/h8H,3-7H2,1-2H3,(H,27,28)(H,20,22,23). The Balaban J connectivity index is 1.72. The monoisotopic (exact) mass is 466 g/mol. The van der Waals surface area contributed by atoms with Gasteiger partial charge in [0.15, 0.2) is 15.2 Å². The van der Waals surface area contributed by atoms with Gasteiger partial charge in [0.25, 0.3) is 0 Å². The first kappa shape index (κ1) is 20.9. The Labute approximate surface area is 185 Å². The van der Waals surface area contributed by atoms with Crippen LogP contribution in [0.2, 0.25) is 5.02 Å².